The molecule has 4 aromatic rings. The average Bonchev–Trinajstić information content (AvgIpc) is 3.05. The lowest BCUT2D eigenvalue weighted by molar-refractivity contribution is 0.102. The molecule has 2 N–H and O–H groups in total. The van der Waals surface area contributed by atoms with Crippen LogP contribution in [0.3, 0.4) is 0 Å². The van der Waals surface area contributed by atoms with Gasteiger partial charge in [0, 0.05) is 11.8 Å². The van der Waals surface area contributed by atoms with Crippen molar-refractivity contribution < 1.29 is 14.3 Å². The Morgan fingerprint density at radius 2 is 1.66 bits per heavy atom. The lowest BCUT2D eigenvalue weighted by atomic mass is 10.0. The Morgan fingerprint density at radius 1 is 1.00 bits per heavy atom. The normalized spacial score (nSPS) is 11.0. The molecule has 0 radical (unpaired) electrons. The number of hydrogen-bond acceptors (Lipinski definition) is 3. The summed E-state index contributed by atoms with van der Waals surface area (Å²) in [6, 6.07) is 17.8. The molecule has 0 saturated heterocycles. The first-order valence-corrected chi connectivity index (χ1v) is 9.74. The van der Waals surface area contributed by atoms with Crippen LogP contribution < -0.4 is 5.32 Å². The van der Waals surface area contributed by atoms with E-state index in [0.717, 1.165) is 27.9 Å². The molecule has 0 bridgehead atoms. The van der Waals surface area contributed by atoms with Crippen LogP contribution in [0.5, 0.6) is 5.75 Å². The molecule has 0 unspecified atom stereocenters. The van der Waals surface area contributed by atoms with Gasteiger partial charge in [0.2, 0.25) is 0 Å². The van der Waals surface area contributed by atoms with Gasteiger partial charge in [0.05, 0.1) is 21.3 Å². The van der Waals surface area contributed by atoms with Crippen LogP contribution in [0.1, 0.15) is 27.2 Å². The number of nitrogens with one attached hydrogen (secondary N) is 1. The highest BCUT2D eigenvalue weighted by molar-refractivity contribution is 6.40. The highest BCUT2D eigenvalue weighted by Crippen LogP contribution is 2.33. The van der Waals surface area contributed by atoms with Crippen LogP contribution in [0.4, 0.5) is 5.69 Å². The van der Waals surface area contributed by atoms with Gasteiger partial charge in [-0.1, -0.05) is 59.6 Å². The van der Waals surface area contributed by atoms with Gasteiger partial charge in [0.1, 0.15) is 17.1 Å². The Balaban J connectivity index is 1.71. The summed E-state index contributed by atoms with van der Waals surface area (Å²) in [5.41, 5.74) is 2.96. The van der Waals surface area contributed by atoms with Crippen molar-refractivity contribution >= 4 is 45.8 Å². The third-order valence-electron chi connectivity index (χ3n) is 4.69. The molecule has 0 aliphatic carbocycles. The maximum absolute atomic E-state index is 12.8. The van der Waals surface area contributed by atoms with Crippen LogP contribution in [0.15, 0.2) is 65.1 Å². The topological polar surface area (TPSA) is 62.5 Å². The Labute approximate surface area is 177 Å². The fraction of sp³-hybridized carbons (Fsp3) is 0.0870. The molecular weight excluding hydrogens is 409 g/mol. The van der Waals surface area contributed by atoms with E-state index in [-0.39, 0.29) is 21.4 Å². The zero-order valence-electron chi connectivity index (χ0n) is 15.5. The van der Waals surface area contributed by atoms with Crippen molar-refractivity contribution in [3.8, 4) is 5.75 Å². The van der Waals surface area contributed by atoms with Crippen molar-refractivity contribution in [1.29, 1.82) is 0 Å². The number of para-hydroxylation sites is 2. The van der Waals surface area contributed by atoms with Crippen molar-refractivity contribution in [1.82, 2.24) is 0 Å². The largest absolute Gasteiger partial charge is 0.506 e. The number of benzene rings is 3. The van der Waals surface area contributed by atoms with E-state index >= 15 is 0 Å². The molecule has 6 heteroatoms. The Bertz CT molecular complexity index is 1210. The van der Waals surface area contributed by atoms with Gasteiger partial charge in [-0.2, -0.15) is 0 Å². The van der Waals surface area contributed by atoms with E-state index in [1.165, 1.54) is 6.07 Å². The lowest BCUT2D eigenvalue weighted by Crippen LogP contribution is -2.15. The highest BCUT2D eigenvalue weighted by Gasteiger charge is 2.19. The van der Waals surface area contributed by atoms with Gasteiger partial charge in [0.15, 0.2) is 0 Å². The molecule has 0 saturated carbocycles. The standard InChI is InChI=1S/C23H17Cl2NO3/c1-13-11-15-6-2-7-16(22(15)29-13)12-14-5-3-10-19(27)21(14)26-23(28)20-17(24)8-4-9-18(20)25/h2-11,27H,12H2,1H3,(H,26,28). The monoisotopic (exact) mass is 425 g/mol. The van der Waals surface area contributed by atoms with Crippen LogP contribution in [0, 0.1) is 6.92 Å². The number of amides is 1. The van der Waals surface area contributed by atoms with Crippen molar-refractivity contribution in [2.45, 2.75) is 13.3 Å². The molecular formula is C23H17Cl2NO3. The number of carbonyl (C=O) groups excluding carboxylic acids is 1. The first kappa shape index (κ1) is 19.4. The summed E-state index contributed by atoms with van der Waals surface area (Å²) in [6.45, 7) is 1.90. The molecule has 1 amide bonds. The molecule has 0 aliphatic rings. The van der Waals surface area contributed by atoms with E-state index in [2.05, 4.69) is 5.32 Å². The zero-order chi connectivity index (χ0) is 20.5. The number of phenolic OH excluding ortho intramolecular Hbond substituents is 1. The summed E-state index contributed by atoms with van der Waals surface area (Å²) in [5.74, 6) is 0.294. The van der Waals surface area contributed by atoms with E-state index in [9.17, 15) is 9.90 Å². The number of halogens is 2. The Kier molecular flexibility index (Phi) is 5.22. The number of carbonyl (C=O) groups is 1. The van der Waals surface area contributed by atoms with E-state index in [4.69, 9.17) is 27.6 Å². The highest BCUT2D eigenvalue weighted by atomic mass is 35.5. The number of aromatic hydroxyl groups is 1. The van der Waals surface area contributed by atoms with Crippen LogP contribution in [-0.2, 0) is 6.42 Å². The summed E-state index contributed by atoms with van der Waals surface area (Å²) in [4.78, 5) is 12.8. The number of phenols is 1. The van der Waals surface area contributed by atoms with Crippen LogP contribution in [0.2, 0.25) is 10.0 Å². The fourth-order valence-electron chi connectivity index (χ4n) is 3.37. The first-order chi connectivity index (χ1) is 13.9. The van der Waals surface area contributed by atoms with E-state index in [1.54, 1.807) is 24.3 Å². The molecule has 4 rings (SSSR count). The zero-order valence-corrected chi connectivity index (χ0v) is 17.0. The number of fused-ring (bicyclic) bond motifs is 1. The number of anilines is 1. The number of furan rings is 1. The minimum atomic E-state index is -0.490. The molecule has 0 aliphatic heterocycles. The lowest BCUT2D eigenvalue weighted by Gasteiger charge is -2.14. The maximum Gasteiger partial charge on any atom is 0.258 e. The molecule has 0 fully saturated rings. The SMILES string of the molecule is Cc1cc2cccc(Cc3cccc(O)c3NC(=O)c3c(Cl)cccc3Cl)c2o1. The molecule has 146 valence electrons. The molecule has 0 spiro atoms. The second kappa shape index (κ2) is 7.82. The van der Waals surface area contributed by atoms with Crippen molar-refractivity contribution in [2.75, 3.05) is 5.32 Å². The maximum atomic E-state index is 12.8. The van der Waals surface area contributed by atoms with Crippen molar-refractivity contribution in [3.63, 3.8) is 0 Å². The third kappa shape index (κ3) is 3.82. The van der Waals surface area contributed by atoms with E-state index in [1.807, 2.05) is 37.3 Å². The Morgan fingerprint density at radius 3 is 2.41 bits per heavy atom. The number of hydrogen-bond donors (Lipinski definition) is 2. The second-order valence-electron chi connectivity index (χ2n) is 6.73. The van der Waals surface area contributed by atoms with Gasteiger partial charge >= 0.3 is 0 Å². The summed E-state index contributed by atoms with van der Waals surface area (Å²) in [7, 11) is 0. The van der Waals surface area contributed by atoms with Gasteiger partial charge in [-0.05, 0) is 42.3 Å². The Hall–Kier alpha value is -2.95. The van der Waals surface area contributed by atoms with Crippen molar-refractivity contribution in [3.05, 3.63) is 93.2 Å². The second-order valence-corrected chi connectivity index (χ2v) is 7.55. The average molecular weight is 426 g/mol. The summed E-state index contributed by atoms with van der Waals surface area (Å²) < 4.78 is 5.84. The van der Waals surface area contributed by atoms with E-state index in [0.29, 0.717) is 12.1 Å². The summed E-state index contributed by atoms with van der Waals surface area (Å²) >= 11 is 12.3. The minimum Gasteiger partial charge on any atom is -0.506 e. The van der Waals surface area contributed by atoms with Gasteiger partial charge < -0.3 is 14.8 Å². The third-order valence-corrected chi connectivity index (χ3v) is 5.32. The predicted molar refractivity (Wildman–Crippen MR) is 116 cm³/mol. The van der Waals surface area contributed by atoms with Gasteiger partial charge in [-0.25, -0.2) is 0 Å². The minimum absolute atomic E-state index is 0.0400. The first-order valence-electron chi connectivity index (χ1n) is 8.98. The van der Waals surface area contributed by atoms with Crippen molar-refractivity contribution in [2.24, 2.45) is 0 Å². The number of aryl methyl sites for hydroxylation is 1. The molecule has 0 atom stereocenters. The predicted octanol–water partition coefficient (Wildman–Crippen LogP) is 6.60. The quantitative estimate of drug-likeness (QED) is 0.362. The summed E-state index contributed by atoms with van der Waals surface area (Å²) in [6.07, 6.45) is 0.463. The summed E-state index contributed by atoms with van der Waals surface area (Å²) in [5, 5.41) is 14.7. The van der Waals surface area contributed by atoms with Crippen LogP contribution in [-0.4, -0.2) is 11.0 Å². The smallest absolute Gasteiger partial charge is 0.258 e. The van der Waals surface area contributed by atoms with Crippen LogP contribution in [0.25, 0.3) is 11.0 Å². The van der Waals surface area contributed by atoms with Crippen LogP contribution >= 0.6 is 23.2 Å². The fourth-order valence-corrected chi connectivity index (χ4v) is 3.93. The molecule has 4 nitrogen and oxygen atoms in total. The molecule has 29 heavy (non-hydrogen) atoms. The van der Waals surface area contributed by atoms with Gasteiger partial charge in [0.25, 0.3) is 5.91 Å². The number of rotatable bonds is 4. The molecule has 1 heterocycles. The molecule has 1 aromatic heterocycles. The van der Waals surface area contributed by atoms with E-state index < -0.39 is 5.91 Å². The van der Waals surface area contributed by atoms with Gasteiger partial charge in [-0.3, -0.25) is 4.79 Å². The van der Waals surface area contributed by atoms with Gasteiger partial charge in [-0.15, -0.1) is 0 Å². The molecule has 3 aromatic carbocycles.